The van der Waals surface area contributed by atoms with Gasteiger partial charge in [0.1, 0.15) is 0 Å². The number of piperazine rings is 1. The Hall–Kier alpha value is -1.43. The molecule has 20 heavy (non-hydrogen) atoms. The van der Waals surface area contributed by atoms with Crippen molar-refractivity contribution in [3.05, 3.63) is 11.7 Å². The van der Waals surface area contributed by atoms with E-state index in [-0.39, 0.29) is 5.91 Å². The van der Waals surface area contributed by atoms with E-state index < -0.39 is 5.54 Å². The zero-order valence-electron chi connectivity index (χ0n) is 12.2. The van der Waals surface area contributed by atoms with Crippen LogP contribution in [0.3, 0.4) is 0 Å². The lowest BCUT2D eigenvalue weighted by molar-refractivity contribution is -0.137. The standard InChI is InChI=1S/C14H22N4O2/c1-3-6-14(2)13(19)15-7-8-18(14)9-11-16-12(20-17-11)10-4-5-10/h10H,3-9H2,1-2H3,(H,15,19)/t14-/m1/s1. The topological polar surface area (TPSA) is 71.3 Å². The molecule has 2 heterocycles. The molecule has 0 spiro atoms. The van der Waals surface area contributed by atoms with Gasteiger partial charge in [0.2, 0.25) is 11.8 Å². The highest BCUT2D eigenvalue weighted by Crippen LogP contribution is 2.39. The first kappa shape index (κ1) is 13.5. The molecule has 1 N–H and O–H groups in total. The molecular formula is C14H22N4O2. The van der Waals surface area contributed by atoms with Gasteiger partial charge in [-0.15, -0.1) is 0 Å². The lowest BCUT2D eigenvalue weighted by Crippen LogP contribution is -2.62. The summed E-state index contributed by atoms with van der Waals surface area (Å²) in [5.41, 5.74) is -0.465. The lowest BCUT2D eigenvalue weighted by Gasteiger charge is -2.43. The van der Waals surface area contributed by atoms with Crippen LogP contribution in [-0.4, -0.2) is 39.6 Å². The first-order valence-corrected chi connectivity index (χ1v) is 7.49. The summed E-state index contributed by atoms with van der Waals surface area (Å²) < 4.78 is 5.30. The Bertz CT molecular complexity index is 497. The van der Waals surface area contributed by atoms with Crippen LogP contribution in [0.1, 0.15) is 57.2 Å². The van der Waals surface area contributed by atoms with Gasteiger partial charge < -0.3 is 9.84 Å². The summed E-state index contributed by atoms with van der Waals surface area (Å²) in [7, 11) is 0. The minimum atomic E-state index is -0.465. The molecule has 110 valence electrons. The molecule has 1 saturated heterocycles. The van der Waals surface area contributed by atoms with E-state index in [1.165, 1.54) is 0 Å². The molecule has 2 fully saturated rings. The van der Waals surface area contributed by atoms with E-state index in [9.17, 15) is 4.79 Å². The number of carbonyl (C=O) groups excluding carboxylic acids is 1. The molecule has 1 amide bonds. The number of carbonyl (C=O) groups is 1. The van der Waals surface area contributed by atoms with Crippen LogP contribution in [0.25, 0.3) is 0 Å². The molecule has 0 unspecified atom stereocenters. The molecule has 0 radical (unpaired) electrons. The van der Waals surface area contributed by atoms with Crippen molar-refractivity contribution in [1.82, 2.24) is 20.4 Å². The summed E-state index contributed by atoms with van der Waals surface area (Å²) >= 11 is 0. The summed E-state index contributed by atoms with van der Waals surface area (Å²) in [5, 5.41) is 7.02. The van der Waals surface area contributed by atoms with Crippen molar-refractivity contribution in [2.75, 3.05) is 13.1 Å². The van der Waals surface area contributed by atoms with E-state index in [0.717, 1.165) is 38.1 Å². The number of amides is 1. The largest absolute Gasteiger partial charge is 0.353 e. The average Bonchev–Trinajstić information content (AvgIpc) is 3.17. The summed E-state index contributed by atoms with van der Waals surface area (Å²) in [6.45, 7) is 6.21. The van der Waals surface area contributed by atoms with E-state index in [1.54, 1.807) is 0 Å². The molecular weight excluding hydrogens is 256 g/mol. The highest BCUT2D eigenvalue weighted by molar-refractivity contribution is 5.86. The van der Waals surface area contributed by atoms with Crippen molar-refractivity contribution in [3.63, 3.8) is 0 Å². The first-order valence-electron chi connectivity index (χ1n) is 7.49. The number of hydrogen-bond donors (Lipinski definition) is 1. The minimum absolute atomic E-state index is 0.108. The lowest BCUT2D eigenvalue weighted by atomic mass is 9.90. The fourth-order valence-corrected chi connectivity index (χ4v) is 2.90. The Morgan fingerprint density at radius 3 is 3.00 bits per heavy atom. The normalized spacial score (nSPS) is 27.6. The molecule has 1 atom stereocenters. The zero-order valence-corrected chi connectivity index (χ0v) is 12.2. The van der Waals surface area contributed by atoms with Crippen LogP contribution in [0.5, 0.6) is 0 Å². The third-order valence-corrected chi connectivity index (χ3v) is 4.33. The van der Waals surface area contributed by atoms with Crippen LogP contribution >= 0.6 is 0 Å². The molecule has 6 heteroatoms. The van der Waals surface area contributed by atoms with E-state index in [2.05, 4.69) is 27.3 Å². The molecule has 0 aromatic carbocycles. The fraction of sp³-hybridized carbons (Fsp3) is 0.786. The van der Waals surface area contributed by atoms with E-state index >= 15 is 0 Å². The van der Waals surface area contributed by atoms with Gasteiger partial charge in [0.15, 0.2) is 5.82 Å². The second kappa shape index (κ2) is 5.16. The predicted molar refractivity (Wildman–Crippen MR) is 73.0 cm³/mol. The molecule has 6 nitrogen and oxygen atoms in total. The zero-order chi connectivity index (χ0) is 14.2. The van der Waals surface area contributed by atoms with Gasteiger partial charge in [-0.3, -0.25) is 9.69 Å². The average molecular weight is 278 g/mol. The Balaban J connectivity index is 1.74. The highest BCUT2D eigenvalue weighted by Gasteiger charge is 2.41. The molecule has 1 aliphatic carbocycles. The molecule has 0 bridgehead atoms. The second-order valence-electron chi connectivity index (χ2n) is 6.02. The summed E-state index contributed by atoms with van der Waals surface area (Å²) in [5.74, 6) is 2.04. The van der Waals surface area contributed by atoms with Crippen molar-refractivity contribution >= 4 is 5.91 Å². The van der Waals surface area contributed by atoms with Gasteiger partial charge in [-0.25, -0.2) is 0 Å². The molecule has 1 aliphatic heterocycles. The van der Waals surface area contributed by atoms with E-state index in [1.807, 2.05) is 6.92 Å². The molecule has 3 rings (SSSR count). The maximum atomic E-state index is 12.2. The van der Waals surface area contributed by atoms with Crippen LogP contribution in [0.2, 0.25) is 0 Å². The number of aromatic nitrogens is 2. The van der Waals surface area contributed by atoms with E-state index in [0.29, 0.717) is 24.8 Å². The maximum Gasteiger partial charge on any atom is 0.240 e. The van der Waals surface area contributed by atoms with Crippen molar-refractivity contribution in [2.45, 2.75) is 57.5 Å². The van der Waals surface area contributed by atoms with Gasteiger partial charge in [0, 0.05) is 19.0 Å². The summed E-state index contributed by atoms with van der Waals surface area (Å²) in [4.78, 5) is 18.9. The monoisotopic (exact) mass is 278 g/mol. The number of hydrogen-bond acceptors (Lipinski definition) is 5. The maximum absolute atomic E-state index is 12.2. The van der Waals surface area contributed by atoms with Crippen molar-refractivity contribution in [2.24, 2.45) is 0 Å². The summed E-state index contributed by atoms with van der Waals surface area (Å²) in [6, 6.07) is 0. The van der Waals surface area contributed by atoms with Crippen LogP contribution in [0.15, 0.2) is 4.52 Å². The van der Waals surface area contributed by atoms with Gasteiger partial charge in [-0.2, -0.15) is 4.98 Å². The molecule has 1 aromatic heterocycles. The fourth-order valence-electron chi connectivity index (χ4n) is 2.90. The second-order valence-corrected chi connectivity index (χ2v) is 6.02. The minimum Gasteiger partial charge on any atom is -0.353 e. The quantitative estimate of drug-likeness (QED) is 0.882. The van der Waals surface area contributed by atoms with Crippen molar-refractivity contribution < 1.29 is 9.32 Å². The van der Waals surface area contributed by atoms with Crippen LogP contribution in [0.4, 0.5) is 0 Å². The third kappa shape index (κ3) is 2.44. The highest BCUT2D eigenvalue weighted by atomic mass is 16.5. The Labute approximate surface area is 118 Å². The molecule has 1 aromatic rings. The Morgan fingerprint density at radius 1 is 1.50 bits per heavy atom. The van der Waals surface area contributed by atoms with Crippen LogP contribution in [0, 0.1) is 0 Å². The van der Waals surface area contributed by atoms with Crippen LogP contribution < -0.4 is 5.32 Å². The number of nitrogens with one attached hydrogen (secondary N) is 1. The molecule has 1 saturated carbocycles. The number of nitrogens with zero attached hydrogens (tertiary/aromatic N) is 3. The van der Waals surface area contributed by atoms with Gasteiger partial charge in [-0.1, -0.05) is 18.5 Å². The summed E-state index contributed by atoms with van der Waals surface area (Å²) in [6.07, 6.45) is 4.12. The third-order valence-electron chi connectivity index (χ3n) is 4.33. The Morgan fingerprint density at radius 2 is 2.30 bits per heavy atom. The van der Waals surface area contributed by atoms with Gasteiger partial charge in [0.05, 0.1) is 12.1 Å². The van der Waals surface area contributed by atoms with Gasteiger partial charge in [-0.05, 0) is 26.2 Å². The van der Waals surface area contributed by atoms with Gasteiger partial charge >= 0.3 is 0 Å². The van der Waals surface area contributed by atoms with E-state index in [4.69, 9.17) is 4.52 Å². The van der Waals surface area contributed by atoms with Crippen LogP contribution in [-0.2, 0) is 11.3 Å². The SMILES string of the molecule is CCC[C@]1(C)C(=O)NCCN1Cc1noc(C2CC2)n1. The number of rotatable bonds is 5. The van der Waals surface area contributed by atoms with Crippen molar-refractivity contribution in [1.29, 1.82) is 0 Å². The van der Waals surface area contributed by atoms with Gasteiger partial charge in [0.25, 0.3) is 0 Å². The Kier molecular flexibility index (Phi) is 3.50. The first-order chi connectivity index (χ1) is 9.63. The molecule has 2 aliphatic rings. The predicted octanol–water partition coefficient (Wildman–Crippen LogP) is 1.44. The smallest absolute Gasteiger partial charge is 0.240 e. The van der Waals surface area contributed by atoms with Crippen molar-refractivity contribution in [3.8, 4) is 0 Å².